The zero-order chi connectivity index (χ0) is 19.7. The van der Waals surface area contributed by atoms with Crippen LogP contribution in [0.2, 0.25) is 5.02 Å². The second-order valence-electron chi connectivity index (χ2n) is 6.59. The molecule has 12 heteroatoms. The van der Waals surface area contributed by atoms with E-state index in [2.05, 4.69) is 36.3 Å². The van der Waals surface area contributed by atoms with E-state index in [4.69, 9.17) is 21.1 Å². The highest BCUT2D eigenvalue weighted by Crippen LogP contribution is 2.30. The molecule has 0 aliphatic carbocycles. The highest BCUT2D eigenvalue weighted by Gasteiger charge is 2.48. The minimum absolute atomic E-state index is 0.153. The Morgan fingerprint density at radius 2 is 2.00 bits per heavy atom. The highest BCUT2D eigenvalue weighted by atomic mass is 35.5. The predicted octanol–water partition coefficient (Wildman–Crippen LogP) is 0.483. The van der Waals surface area contributed by atoms with E-state index in [9.17, 15) is 4.79 Å². The van der Waals surface area contributed by atoms with Crippen LogP contribution in [-0.4, -0.2) is 70.3 Å². The first-order valence-electron chi connectivity index (χ1n) is 8.79. The molecule has 28 heavy (non-hydrogen) atoms. The van der Waals surface area contributed by atoms with Crippen LogP contribution in [-0.2, 0) is 16.5 Å². The summed E-state index contributed by atoms with van der Waals surface area (Å²) in [6.07, 6.45) is 4.55. The van der Waals surface area contributed by atoms with E-state index in [0.29, 0.717) is 30.0 Å². The van der Waals surface area contributed by atoms with Gasteiger partial charge in [0, 0.05) is 20.3 Å². The average molecular weight is 409 g/mol. The molecule has 4 unspecified atom stereocenters. The first kappa shape index (κ1) is 18.7. The standard InChI is InChI=1S/C16H21ClN8O3/c1-18-16(26)23-11-7-28-12-10(6-27-13(11)12)22-14-9(17)4-19-15(24-14)21-8-3-20-25(2)5-8/h3-5,10-13H,6-7H2,1-2H3,(H2,18,23,26)(H2,19,21,22,24). The van der Waals surface area contributed by atoms with Crippen molar-refractivity contribution < 1.29 is 14.3 Å². The molecule has 4 rings (SSSR count). The van der Waals surface area contributed by atoms with Crippen LogP contribution in [0.5, 0.6) is 0 Å². The molecule has 0 saturated carbocycles. The van der Waals surface area contributed by atoms with Gasteiger partial charge in [0.1, 0.15) is 17.2 Å². The van der Waals surface area contributed by atoms with Crippen molar-refractivity contribution in [2.45, 2.75) is 24.3 Å². The lowest BCUT2D eigenvalue weighted by molar-refractivity contribution is 0.0682. The van der Waals surface area contributed by atoms with Gasteiger partial charge in [0.2, 0.25) is 5.95 Å². The van der Waals surface area contributed by atoms with Gasteiger partial charge in [0.15, 0.2) is 5.82 Å². The van der Waals surface area contributed by atoms with Crippen molar-refractivity contribution in [2.24, 2.45) is 7.05 Å². The van der Waals surface area contributed by atoms with E-state index >= 15 is 0 Å². The van der Waals surface area contributed by atoms with Gasteiger partial charge in [-0.05, 0) is 0 Å². The molecule has 0 radical (unpaired) electrons. The number of carbonyl (C=O) groups is 1. The Balaban J connectivity index is 1.43. The molecular formula is C16H21ClN8O3. The molecule has 2 amide bonds. The lowest BCUT2D eigenvalue weighted by Gasteiger charge is -2.19. The van der Waals surface area contributed by atoms with Crippen LogP contribution in [0.15, 0.2) is 18.6 Å². The number of ether oxygens (including phenoxy) is 2. The quantitative estimate of drug-likeness (QED) is 0.562. The fraction of sp³-hybridized carbons (Fsp3) is 0.500. The number of aryl methyl sites for hydroxylation is 1. The minimum atomic E-state index is -0.265. The summed E-state index contributed by atoms with van der Waals surface area (Å²) in [5.41, 5.74) is 0.766. The van der Waals surface area contributed by atoms with E-state index in [1.165, 1.54) is 6.20 Å². The maximum atomic E-state index is 11.6. The summed E-state index contributed by atoms with van der Waals surface area (Å²) in [5, 5.41) is 16.2. The third-order valence-corrected chi connectivity index (χ3v) is 4.90. The third kappa shape index (κ3) is 3.81. The minimum Gasteiger partial charge on any atom is -0.371 e. The van der Waals surface area contributed by atoms with Gasteiger partial charge in [0.05, 0.1) is 43.4 Å². The maximum Gasteiger partial charge on any atom is 0.314 e. The van der Waals surface area contributed by atoms with E-state index < -0.39 is 0 Å². The molecule has 2 aliphatic rings. The first-order valence-corrected chi connectivity index (χ1v) is 9.17. The summed E-state index contributed by atoms with van der Waals surface area (Å²) < 4.78 is 13.4. The maximum absolute atomic E-state index is 11.6. The van der Waals surface area contributed by atoms with Gasteiger partial charge in [-0.2, -0.15) is 10.1 Å². The molecule has 4 N–H and O–H groups in total. The second-order valence-corrected chi connectivity index (χ2v) is 7.00. The van der Waals surface area contributed by atoms with Gasteiger partial charge in [0.25, 0.3) is 0 Å². The summed E-state index contributed by atoms with van der Waals surface area (Å²) >= 11 is 6.26. The number of nitrogens with one attached hydrogen (secondary N) is 4. The predicted molar refractivity (Wildman–Crippen MR) is 102 cm³/mol. The Morgan fingerprint density at radius 1 is 1.25 bits per heavy atom. The number of halogens is 1. The molecule has 2 aliphatic heterocycles. The van der Waals surface area contributed by atoms with Crippen LogP contribution in [0.1, 0.15) is 0 Å². The van der Waals surface area contributed by atoms with Crippen molar-refractivity contribution in [2.75, 3.05) is 30.9 Å². The monoisotopic (exact) mass is 408 g/mol. The Morgan fingerprint density at radius 3 is 2.71 bits per heavy atom. The van der Waals surface area contributed by atoms with Crippen molar-refractivity contribution in [3.8, 4) is 0 Å². The summed E-state index contributed by atoms with van der Waals surface area (Å²) in [6, 6.07) is -0.625. The molecule has 4 heterocycles. The number of nitrogens with zero attached hydrogens (tertiary/aromatic N) is 4. The zero-order valence-electron chi connectivity index (χ0n) is 15.3. The van der Waals surface area contributed by atoms with E-state index in [-0.39, 0.29) is 30.3 Å². The number of amides is 2. The van der Waals surface area contributed by atoms with Gasteiger partial charge < -0.3 is 30.7 Å². The third-order valence-electron chi connectivity index (χ3n) is 4.62. The summed E-state index contributed by atoms with van der Waals surface area (Å²) in [5.74, 6) is 0.866. The summed E-state index contributed by atoms with van der Waals surface area (Å²) in [7, 11) is 3.39. The van der Waals surface area contributed by atoms with Crippen molar-refractivity contribution in [3.05, 3.63) is 23.6 Å². The Labute approximate surface area is 166 Å². The Bertz CT molecular complexity index is 862. The normalized spacial score (nSPS) is 26.0. The Hall–Kier alpha value is -2.63. The lowest BCUT2D eigenvalue weighted by atomic mass is 10.1. The second kappa shape index (κ2) is 7.78. The first-order chi connectivity index (χ1) is 13.5. The average Bonchev–Trinajstić information content (AvgIpc) is 3.37. The molecule has 150 valence electrons. The molecule has 0 spiro atoms. The number of hydrogen-bond donors (Lipinski definition) is 4. The zero-order valence-corrected chi connectivity index (χ0v) is 16.1. The SMILES string of the molecule is CNC(=O)NC1COC2C(Nc3nc(Nc4cnn(C)c4)ncc3Cl)COC12. The van der Waals surface area contributed by atoms with Gasteiger partial charge >= 0.3 is 6.03 Å². The van der Waals surface area contributed by atoms with Crippen molar-refractivity contribution >= 4 is 35.1 Å². The molecule has 2 aromatic heterocycles. The number of rotatable bonds is 5. The largest absolute Gasteiger partial charge is 0.371 e. The van der Waals surface area contributed by atoms with Gasteiger partial charge in [-0.15, -0.1) is 0 Å². The van der Waals surface area contributed by atoms with Crippen LogP contribution in [0.4, 0.5) is 22.2 Å². The number of carbonyl (C=O) groups excluding carboxylic acids is 1. The van der Waals surface area contributed by atoms with Gasteiger partial charge in [-0.1, -0.05) is 11.6 Å². The number of hydrogen-bond acceptors (Lipinski definition) is 8. The fourth-order valence-corrected chi connectivity index (χ4v) is 3.45. The van der Waals surface area contributed by atoms with E-state index in [0.717, 1.165) is 5.69 Å². The topological polar surface area (TPSA) is 127 Å². The highest BCUT2D eigenvalue weighted by molar-refractivity contribution is 6.32. The molecule has 11 nitrogen and oxygen atoms in total. The molecular weight excluding hydrogens is 388 g/mol. The smallest absolute Gasteiger partial charge is 0.314 e. The van der Waals surface area contributed by atoms with Gasteiger partial charge in [-0.25, -0.2) is 9.78 Å². The molecule has 2 saturated heterocycles. The molecule has 2 fully saturated rings. The van der Waals surface area contributed by atoms with Crippen molar-refractivity contribution in [3.63, 3.8) is 0 Å². The summed E-state index contributed by atoms with van der Waals surface area (Å²) in [4.78, 5) is 20.2. The number of aromatic nitrogens is 4. The van der Waals surface area contributed by atoms with Gasteiger partial charge in [-0.3, -0.25) is 4.68 Å². The van der Waals surface area contributed by atoms with E-state index in [1.54, 1.807) is 17.9 Å². The van der Waals surface area contributed by atoms with Crippen molar-refractivity contribution in [1.82, 2.24) is 30.4 Å². The number of urea groups is 1. The molecule has 0 bridgehead atoms. The molecule has 0 aromatic carbocycles. The summed E-state index contributed by atoms with van der Waals surface area (Å²) in [6.45, 7) is 0.791. The van der Waals surface area contributed by atoms with Crippen LogP contribution < -0.4 is 21.3 Å². The van der Waals surface area contributed by atoms with Crippen LogP contribution >= 0.6 is 11.6 Å². The molecule has 4 atom stereocenters. The molecule has 2 aromatic rings. The van der Waals surface area contributed by atoms with Crippen LogP contribution in [0, 0.1) is 0 Å². The number of fused-ring (bicyclic) bond motifs is 1. The lowest BCUT2D eigenvalue weighted by Crippen LogP contribution is -2.47. The Kier molecular flexibility index (Phi) is 5.20. The van der Waals surface area contributed by atoms with Crippen LogP contribution in [0.3, 0.4) is 0 Å². The fourth-order valence-electron chi connectivity index (χ4n) is 3.31. The number of anilines is 3. The van der Waals surface area contributed by atoms with Crippen LogP contribution in [0.25, 0.3) is 0 Å². The van der Waals surface area contributed by atoms with Crippen molar-refractivity contribution in [1.29, 1.82) is 0 Å². The van der Waals surface area contributed by atoms with E-state index in [1.807, 2.05) is 13.2 Å².